The largest absolute Gasteiger partial charge is 0.497 e. The molecule has 172 valence electrons. The minimum atomic E-state index is -0.265. The molecular weight excluding hydrogens is 418 g/mol. The summed E-state index contributed by atoms with van der Waals surface area (Å²) in [6.45, 7) is 4.15. The lowest BCUT2D eigenvalue weighted by Crippen LogP contribution is -2.45. The second kappa shape index (κ2) is 9.15. The number of aromatic nitrogens is 2. The van der Waals surface area contributed by atoms with E-state index in [4.69, 9.17) is 9.47 Å². The van der Waals surface area contributed by atoms with Crippen molar-refractivity contribution < 1.29 is 14.3 Å². The van der Waals surface area contributed by atoms with Gasteiger partial charge in [-0.15, -0.1) is 0 Å². The third kappa shape index (κ3) is 4.52. The molecular formula is C25H29N5O3. The zero-order valence-electron chi connectivity index (χ0n) is 19.0. The second-order valence-corrected chi connectivity index (χ2v) is 8.68. The maximum atomic E-state index is 13.3. The number of piperazine rings is 1. The molecule has 0 unspecified atom stereocenters. The third-order valence-electron chi connectivity index (χ3n) is 6.48. The molecule has 5 rings (SSSR count). The van der Waals surface area contributed by atoms with Crippen molar-refractivity contribution in [2.45, 2.75) is 6.42 Å². The molecule has 33 heavy (non-hydrogen) atoms. The van der Waals surface area contributed by atoms with Gasteiger partial charge in [-0.1, -0.05) is 6.07 Å². The van der Waals surface area contributed by atoms with Gasteiger partial charge in [0.2, 0.25) is 5.91 Å². The first-order chi connectivity index (χ1) is 16.1. The molecule has 0 saturated carbocycles. The SMILES string of the molecule is COc1ccc2c(c1)C[C@@H](C(=O)Nc1ccc(-c3cn[nH]c3)cc1N1CCN(C)CC1)CO2. The van der Waals surface area contributed by atoms with Gasteiger partial charge in [-0.05, 0) is 54.9 Å². The van der Waals surface area contributed by atoms with Crippen LogP contribution in [0.5, 0.6) is 11.5 Å². The maximum absolute atomic E-state index is 13.3. The summed E-state index contributed by atoms with van der Waals surface area (Å²) < 4.78 is 11.2. The molecule has 8 nitrogen and oxygen atoms in total. The number of anilines is 2. The van der Waals surface area contributed by atoms with Crippen LogP contribution >= 0.6 is 0 Å². The molecule has 0 radical (unpaired) electrons. The van der Waals surface area contributed by atoms with Crippen molar-refractivity contribution in [3.8, 4) is 22.6 Å². The number of likely N-dealkylation sites (N-methyl/N-ethyl adjacent to an activating group) is 1. The van der Waals surface area contributed by atoms with Crippen LogP contribution in [-0.4, -0.2) is 67.9 Å². The smallest absolute Gasteiger partial charge is 0.231 e. The molecule has 3 heterocycles. The lowest BCUT2D eigenvalue weighted by Gasteiger charge is -2.35. The lowest BCUT2D eigenvalue weighted by atomic mass is 9.95. The molecule has 0 bridgehead atoms. The average molecular weight is 448 g/mol. The van der Waals surface area contributed by atoms with Crippen LogP contribution in [0.25, 0.3) is 11.1 Å². The van der Waals surface area contributed by atoms with Crippen LogP contribution in [0.15, 0.2) is 48.8 Å². The Hall–Kier alpha value is -3.52. The number of nitrogens with one attached hydrogen (secondary N) is 2. The normalized spacial score (nSPS) is 18.4. The van der Waals surface area contributed by atoms with Gasteiger partial charge in [0.25, 0.3) is 0 Å². The molecule has 2 aliphatic rings. The predicted molar refractivity (Wildman–Crippen MR) is 128 cm³/mol. The first kappa shape index (κ1) is 21.3. The van der Waals surface area contributed by atoms with Gasteiger partial charge in [-0.2, -0.15) is 5.10 Å². The number of H-pyrrole nitrogens is 1. The van der Waals surface area contributed by atoms with E-state index >= 15 is 0 Å². The van der Waals surface area contributed by atoms with E-state index in [9.17, 15) is 4.79 Å². The molecule has 3 aromatic rings. The highest BCUT2D eigenvalue weighted by Crippen LogP contribution is 2.34. The second-order valence-electron chi connectivity index (χ2n) is 8.68. The average Bonchev–Trinajstić information content (AvgIpc) is 3.39. The minimum absolute atomic E-state index is 0.0325. The van der Waals surface area contributed by atoms with Crippen molar-refractivity contribution in [1.29, 1.82) is 0 Å². The highest BCUT2D eigenvalue weighted by atomic mass is 16.5. The molecule has 2 aromatic carbocycles. The topological polar surface area (TPSA) is 82.7 Å². The van der Waals surface area contributed by atoms with E-state index in [1.807, 2.05) is 42.7 Å². The third-order valence-corrected chi connectivity index (χ3v) is 6.48. The number of fused-ring (bicyclic) bond motifs is 1. The fourth-order valence-electron chi connectivity index (χ4n) is 4.44. The Kier molecular flexibility index (Phi) is 5.92. The molecule has 0 aliphatic carbocycles. The standard InChI is InChI=1S/C25H29N5O3/c1-29-7-9-30(10-8-29)23-13-17(20-14-26-27-15-20)3-5-22(23)28-25(31)19-11-18-12-21(32-2)4-6-24(18)33-16-19/h3-6,12-15,19H,7-11,16H2,1-2H3,(H,26,27)(H,28,31)/t19-/m1/s1. The fourth-order valence-corrected chi connectivity index (χ4v) is 4.44. The Morgan fingerprint density at radius 2 is 2.00 bits per heavy atom. The Morgan fingerprint density at radius 1 is 1.15 bits per heavy atom. The molecule has 2 aliphatic heterocycles. The van der Waals surface area contributed by atoms with Crippen molar-refractivity contribution in [3.63, 3.8) is 0 Å². The summed E-state index contributed by atoms with van der Waals surface area (Å²) in [5.74, 6) is 1.29. The summed E-state index contributed by atoms with van der Waals surface area (Å²) >= 11 is 0. The Balaban J connectivity index is 1.38. The number of rotatable bonds is 5. The first-order valence-electron chi connectivity index (χ1n) is 11.3. The van der Waals surface area contributed by atoms with Crippen molar-refractivity contribution in [2.75, 3.05) is 57.2 Å². The summed E-state index contributed by atoms with van der Waals surface area (Å²) in [7, 11) is 3.78. The number of methoxy groups -OCH3 is 1. The van der Waals surface area contributed by atoms with Gasteiger partial charge in [0.1, 0.15) is 18.1 Å². The van der Waals surface area contributed by atoms with E-state index in [-0.39, 0.29) is 11.8 Å². The summed E-state index contributed by atoms with van der Waals surface area (Å²) in [6.07, 6.45) is 4.31. The van der Waals surface area contributed by atoms with Crippen LogP contribution in [-0.2, 0) is 11.2 Å². The van der Waals surface area contributed by atoms with Gasteiger partial charge in [0.05, 0.1) is 30.6 Å². The Bertz CT molecular complexity index is 1120. The number of nitrogens with zero attached hydrogens (tertiary/aromatic N) is 3. The number of benzene rings is 2. The van der Waals surface area contributed by atoms with E-state index in [0.29, 0.717) is 13.0 Å². The quantitative estimate of drug-likeness (QED) is 0.626. The molecule has 1 saturated heterocycles. The number of hydrogen-bond donors (Lipinski definition) is 2. The van der Waals surface area contributed by atoms with E-state index in [0.717, 1.165) is 65.7 Å². The number of hydrogen-bond acceptors (Lipinski definition) is 6. The molecule has 1 atom stereocenters. The van der Waals surface area contributed by atoms with Crippen molar-refractivity contribution >= 4 is 17.3 Å². The van der Waals surface area contributed by atoms with Crippen LogP contribution in [0, 0.1) is 5.92 Å². The summed E-state index contributed by atoms with van der Waals surface area (Å²) in [4.78, 5) is 17.9. The first-order valence-corrected chi connectivity index (χ1v) is 11.3. The summed E-state index contributed by atoms with van der Waals surface area (Å²) in [6, 6.07) is 11.9. The molecule has 2 N–H and O–H groups in total. The van der Waals surface area contributed by atoms with Crippen molar-refractivity contribution in [2.24, 2.45) is 5.92 Å². The van der Waals surface area contributed by atoms with Gasteiger partial charge in [0, 0.05) is 37.9 Å². The number of aromatic amines is 1. The highest BCUT2D eigenvalue weighted by molar-refractivity contribution is 5.97. The molecule has 1 aromatic heterocycles. The predicted octanol–water partition coefficient (Wildman–Crippen LogP) is 3.03. The highest BCUT2D eigenvalue weighted by Gasteiger charge is 2.28. The Morgan fingerprint density at radius 3 is 2.76 bits per heavy atom. The molecule has 1 fully saturated rings. The number of ether oxygens (including phenoxy) is 2. The summed E-state index contributed by atoms with van der Waals surface area (Å²) in [5.41, 5.74) is 4.95. The van der Waals surface area contributed by atoms with Crippen LogP contribution in [0.2, 0.25) is 0 Å². The van der Waals surface area contributed by atoms with Crippen molar-refractivity contribution in [3.05, 3.63) is 54.4 Å². The van der Waals surface area contributed by atoms with Gasteiger partial charge in [-0.3, -0.25) is 9.89 Å². The van der Waals surface area contributed by atoms with E-state index < -0.39 is 0 Å². The van der Waals surface area contributed by atoms with Crippen LogP contribution in [0.3, 0.4) is 0 Å². The monoisotopic (exact) mass is 447 g/mol. The van der Waals surface area contributed by atoms with Gasteiger partial charge in [-0.25, -0.2) is 0 Å². The van der Waals surface area contributed by atoms with Gasteiger partial charge >= 0.3 is 0 Å². The molecule has 8 heteroatoms. The van der Waals surface area contributed by atoms with Crippen molar-refractivity contribution in [1.82, 2.24) is 15.1 Å². The molecule has 1 amide bonds. The zero-order chi connectivity index (χ0) is 22.8. The zero-order valence-corrected chi connectivity index (χ0v) is 19.0. The molecule has 0 spiro atoms. The minimum Gasteiger partial charge on any atom is -0.497 e. The number of amides is 1. The fraction of sp³-hybridized carbons (Fsp3) is 0.360. The number of carbonyl (C=O) groups excluding carboxylic acids is 1. The van der Waals surface area contributed by atoms with E-state index in [1.54, 1.807) is 7.11 Å². The van der Waals surface area contributed by atoms with Gasteiger partial charge in [0.15, 0.2) is 0 Å². The van der Waals surface area contributed by atoms with E-state index in [1.165, 1.54) is 0 Å². The Labute approximate surface area is 193 Å². The maximum Gasteiger partial charge on any atom is 0.231 e. The van der Waals surface area contributed by atoms with Crippen LogP contribution in [0.4, 0.5) is 11.4 Å². The lowest BCUT2D eigenvalue weighted by molar-refractivity contribution is -0.121. The number of carbonyl (C=O) groups is 1. The van der Waals surface area contributed by atoms with Crippen LogP contribution < -0.4 is 19.7 Å². The van der Waals surface area contributed by atoms with Gasteiger partial charge < -0.3 is 24.6 Å². The van der Waals surface area contributed by atoms with Crippen LogP contribution in [0.1, 0.15) is 5.56 Å². The summed E-state index contributed by atoms with van der Waals surface area (Å²) in [5, 5.41) is 10.1. The van der Waals surface area contributed by atoms with E-state index in [2.05, 4.69) is 38.4 Å².